The first kappa shape index (κ1) is 37.4. The number of aryl methyl sites for hydroxylation is 1. The number of nitrogens with one attached hydrogen (secondary N) is 3. The van der Waals surface area contributed by atoms with Gasteiger partial charge in [0.05, 0.1) is 26.8 Å². The molecule has 5 aliphatic rings. The van der Waals surface area contributed by atoms with Crippen molar-refractivity contribution in [2.45, 2.75) is 76.0 Å². The van der Waals surface area contributed by atoms with Crippen molar-refractivity contribution in [3.63, 3.8) is 0 Å². The molecule has 1 saturated carbocycles. The van der Waals surface area contributed by atoms with Gasteiger partial charge in [0.25, 0.3) is 17.5 Å². The molecule has 1 aliphatic carbocycles. The molecule has 3 aromatic rings. The zero-order valence-corrected chi connectivity index (χ0v) is 31.6. The largest absolute Gasteiger partial charge is 0.490 e. The number of nitrogens with zero attached hydrogens (tertiary/aromatic N) is 4. The van der Waals surface area contributed by atoms with E-state index in [2.05, 4.69) is 20.9 Å². The van der Waals surface area contributed by atoms with Crippen LogP contribution in [0.5, 0.6) is 5.75 Å². The van der Waals surface area contributed by atoms with E-state index in [9.17, 15) is 34.1 Å². The van der Waals surface area contributed by atoms with Crippen LogP contribution in [0.15, 0.2) is 48.5 Å². The number of imide groups is 2. The van der Waals surface area contributed by atoms with Crippen LogP contribution in [-0.4, -0.2) is 84.2 Å². The number of benzene rings is 3. The van der Waals surface area contributed by atoms with E-state index in [0.717, 1.165) is 60.5 Å². The van der Waals surface area contributed by atoms with Crippen LogP contribution in [0, 0.1) is 16.0 Å². The number of halogens is 1. The Kier molecular flexibility index (Phi) is 10.1. The number of hydrogen-bond donors (Lipinski definition) is 3. The van der Waals surface area contributed by atoms with E-state index in [-0.39, 0.29) is 51.6 Å². The van der Waals surface area contributed by atoms with Crippen molar-refractivity contribution in [1.29, 1.82) is 0 Å². The highest BCUT2D eigenvalue weighted by atomic mass is 35.5. The molecule has 16 heteroatoms. The number of amides is 5. The van der Waals surface area contributed by atoms with Crippen molar-refractivity contribution in [2.24, 2.45) is 5.92 Å². The molecule has 3 N–H and O–H groups in total. The van der Waals surface area contributed by atoms with Gasteiger partial charge in [0.1, 0.15) is 23.6 Å². The Morgan fingerprint density at radius 3 is 2.43 bits per heavy atom. The van der Waals surface area contributed by atoms with Crippen molar-refractivity contribution >= 4 is 69.6 Å². The van der Waals surface area contributed by atoms with Gasteiger partial charge in [-0.2, -0.15) is 0 Å². The molecule has 1 unspecified atom stereocenters. The Balaban J connectivity index is 0.800. The van der Waals surface area contributed by atoms with E-state index in [1.807, 2.05) is 18.2 Å². The predicted molar refractivity (Wildman–Crippen MR) is 208 cm³/mol. The van der Waals surface area contributed by atoms with E-state index < -0.39 is 29.7 Å². The highest BCUT2D eigenvalue weighted by molar-refractivity contribution is 6.33. The van der Waals surface area contributed by atoms with Crippen LogP contribution >= 0.6 is 11.6 Å². The first-order valence-corrected chi connectivity index (χ1v) is 19.5. The standard InChI is InChI=1S/C40H42ClN7O8/c1-45-32-6-3-24(16-23(32)2-9-37(45)50)43-31-21-34(35(48(54)55)20-30(31)41)46-14-11-22(12-15-46)10-13-42-25-17-27(18-25)56-26-4-5-28-29(19-26)40(53)47(39(28)52)33-7-8-36(49)44-38(33)51/h3-6,16,19-22,25,27,33,42-43H,2,7-15,17-18H2,1H3,(H,44,49,51). The van der Waals surface area contributed by atoms with E-state index in [1.165, 1.54) is 6.07 Å². The topological polar surface area (TPSA) is 184 Å². The van der Waals surface area contributed by atoms with Crippen LogP contribution in [0.25, 0.3) is 0 Å². The van der Waals surface area contributed by atoms with Gasteiger partial charge in [-0.05, 0) is 105 Å². The van der Waals surface area contributed by atoms with Gasteiger partial charge < -0.3 is 25.2 Å². The molecule has 56 heavy (non-hydrogen) atoms. The lowest BCUT2D eigenvalue weighted by Crippen LogP contribution is -2.54. The summed E-state index contributed by atoms with van der Waals surface area (Å²) >= 11 is 6.56. The van der Waals surface area contributed by atoms with Gasteiger partial charge in [-0.25, -0.2) is 0 Å². The molecule has 0 spiro atoms. The highest BCUT2D eigenvalue weighted by Crippen LogP contribution is 2.41. The fraction of sp³-hybridized carbons (Fsp3) is 0.425. The SMILES string of the molecule is CN1C(=O)CCc2cc(Nc3cc(N4CCC(CCNC5CC(Oc6ccc7c(c6)C(=O)N(C6CCC(=O)NC6=O)C7=O)C5)CC4)c([N+](=O)[O-])cc3Cl)ccc21. The maximum absolute atomic E-state index is 13.2. The van der Waals surface area contributed by atoms with Crippen molar-refractivity contribution in [1.82, 2.24) is 15.5 Å². The summed E-state index contributed by atoms with van der Waals surface area (Å²) in [7, 11) is 1.77. The molecule has 0 aromatic heterocycles. The van der Waals surface area contributed by atoms with Gasteiger partial charge >= 0.3 is 0 Å². The van der Waals surface area contributed by atoms with Crippen molar-refractivity contribution in [3.05, 3.63) is 80.4 Å². The molecule has 15 nitrogen and oxygen atoms in total. The molecular weight excluding hydrogens is 742 g/mol. The monoisotopic (exact) mass is 783 g/mol. The number of ether oxygens (including phenoxy) is 1. The Hall–Kier alpha value is -5.54. The molecule has 4 aliphatic heterocycles. The lowest BCUT2D eigenvalue weighted by atomic mass is 9.88. The summed E-state index contributed by atoms with van der Waals surface area (Å²) < 4.78 is 6.14. The van der Waals surface area contributed by atoms with Gasteiger partial charge in [-0.1, -0.05) is 11.6 Å². The van der Waals surface area contributed by atoms with Crippen molar-refractivity contribution in [3.8, 4) is 5.75 Å². The summed E-state index contributed by atoms with van der Waals surface area (Å²) in [6, 6.07) is 13.0. The smallest absolute Gasteiger partial charge is 0.294 e. The zero-order chi connectivity index (χ0) is 39.2. The molecule has 2 saturated heterocycles. The van der Waals surface area contributed by atoms with Crippen LogP contribution in [0.1, 0.15) is 77.6 Å². The summed E-state index contributed by atoms with van der Waals surface area (Å²) in [4.78, 5) is 78.5. The number of nitro groups is 1. The molecule has 3 fully saturated rings. The number of hydrogen-bond acceptors (Lipinski definition) is 11. The van der Waals surface area contributed by atoms with E-state index in [0.29, 0.717) is 55.0 Å². The molecule has 0 bridgehead atoms. The predicted octanol–water partition coefficient (Wildman–Crippen LogP) is 5.11. The van der Waals surface area contributed by atoms with Crippen molar-refractivity contribution in [2.75, 3.05) is 41.8 Å². The minimum Gasteiger partial charge on any atom is -0.490 e. The van der Waals surface area contributed by atoms with Crippen LogP contribution < -0.4 is 30.5 Å². The lowest BCUT2D eigenvalue weighted by Gasteiger charge is -2.37. The third-order valence-electron chi connectivity index (χ3n) is 11.7. The Labute approximate surface area is 327 Å². The number of piperidine rings is 2. The lowest BCUT2D eigenvalue weighted by molar-refractivity contribution is -0.384. The molecular formula is C40H42ClN7O8. The minimum atomic E-state index is -1.01. The number of nitro benzene ring substituents is 1. The molecule has 8 rings (SSSR count). The fourth-order valence-electron chi connectivity index (χ4n) is 8.44. The molecule has 292 valence electrons. The number of carbonyl (C=O) groups excluding carboxylic acids is 5. The van der Waals surface area contributed by atoms with Gasteiger partial charge in [0.2, 0.25) is 17.7 Å². The van der Waals surface area contributed by atoms with E-state index >= 15 is 0 Å². The van der Waals surface area contributed by atoms with Crippen LogP contribution in [0.2, 0.25) is 5.02 Å². The maximum atomic E-state index is 13.2. The number of fused-ring (bicyclic) bond motifs is 2. The average Bonchev–Trinajstić information content (AvgIpc) is 3.41. The Bertz CT molecular complexity index is 2150. The normalized spacial score (nSPS) is 22.4. The van der Waals surface area contributed by atoms with Crippen LogP contribution in [-0.2, 0) is 20.8 Å². The van der Waals surface area contributed by atoms with Gasteiger partial charge in [0, 0.05) is 56.5 Å². The molecule has 5 amide bonds. The summed E-state index contributed by atoms with van der Waals surface area (Å²) in [5.41, 5.74) is 4.22. The van der Waals surface area contributed by atoms with Gasteiger partial charge in [-0.3, -0.25) is 44.3 Å². The second-order valence-corrected chi connectivity index (χ2v) is 15.6. The van der Waals surface area contributed by atoms with Gasteiger partial charge in [0.15, 0.2) is 0 Å². The van der Waals surface area contributed by atoms with E-state index in [4.69, 9.17) is 16.3 Å². The molecule has 3 aromatic carbocycles. The average molecular weight is 784 g/mol. The number of carbonyl (C=O) groups is 5. The summed E-state index contributed by atoms with van der Waals surface area (Å²) in [5.74, 6) is -1.13. The third-order valence-corrected chi connectivity index (χ3v) is 12.0. The molecule has 4 heterocycles. The minimum absolute atomic E-state index is 0.0258. The van der Waals surface area contributed by atoms with Crippen LogP contribution in [0.3, 0.4) is 0 Å². The molecule has 0 radical (unpaired) electrons. The summed E-state index contributed by atoms with van der Waals surface area (Å²) in [6.07, 6.45) is 5.59. The Morgan fingerprint density at radius 2 is 1.68 bits per heavy atom. The maximum Gasteiger partial charge on any atom is 0.294 e. The second-order valence-electron chi connectivity index (χ2n) is 15.2. The third kappa shape index (κ3) is 7.28. The quantitative estimate of drug-likeness (QED) is 0.134. The summed E-state index contributed by atoms with van der Waals surface area (Å²) in [6.45, 7) is 2.21. The van der Waals surface area contributed by atoms with E-state index in [1.54, 1.807) is 36.2 Å². The first-order chi connectivity index (χ1) is 26.9. The molecule has 1 atom stereocenters. The summed E-state index contributed by atoms with van der Waals surface area (Å²) in [5, 5.41) is 21.5. The second kappa shape index (κ2) is 15.2. The highest BCUT2D eigenvalue weighted by Gasteiger charge is 2.45. The number of rotatable bonds is 11. The first-order valence-electron chi connectivity index (χ1n) is 19.1. The van der Waals surface area contributed by atoms with Crippen LogP contribution in [0.4, 0.5) is 28.4 Å². The van der Waals surface area contributed by atoms with Crippen molar-refractivity contribution < 1.29 is 33.6 Å². The fourth-order valence-corrected chi connectivity index (χ4v) is 8.64. The zero-order valence-electron chi connectivity index (χ0n) is 30.8. The Morgan fingerprint density at radius 1 is 0.911 bits per heavy atom. The number of anilines is 4. The van der Waals surface area contributed by atoms with Gasteiger partial charge in [-0.15, -0.1) is 0 Å².